The van der Waals surface area contributed by atoms with Crippen LogP contribution in [0.3, 0.4) is 0 Å². The van der Waals surface area contributed by atoms with Crippen LogP contribution >= 0.6 is 10.7 Å². The van der Waals surface area contributed by atoms with Gasteiger partial charge in [-0.05, 0) is 35.9 Å². The highest BCUT2D eigenvalue weighted by atomic mass is 35.7. The summed E-state index contributed by atoms with van der Waals surface area (Å²) >= 11 is 0. The summed E-state index contributed by atoms with van der Waals surface area (Å²) in [6.07, 6.45) is 0. The van der Waals surface area contributed by atoms with Crippen molar-refractivity contribution in [2.45, 2.75) is 4.90 Å². The minimum absolute atomic E-state index is 0.145. The van der Waals surface area contributed by atoms with Crippen molar-refractivity contribution in [3.63, 3.8) is 0 Å². The van der Waals surface area contributed by atoms with Crippen LogP contribution in [0, 0.1) is 5.82 Å². The summed E-state index contributed by atoms with van der Waals surface area (Å²) in [4.78, 5) is -0.145. The highest BCUT2D eigenvalue weighted by molar-refractivity contribution is 8.13. The van der Waals surface area contributed by atoms with E-state index in [9.17, 15) is 12.8 Å². The van der Waals surface area contributed by atoms with Crippen LogP contribution in [0.1, 0.15) is 0 Å². The highest BCUT2D eigenvalue weighted by Gasteiger charge is 2.14. The molecular formula is C13H10ClFO3S. The lowest BCUT2D eigenvalue weighted by atomic mass is 10.1. The molecule has 0 saturated carbocycles. The van der Waals surface area contributed by atoms with E-state index in [1.807, 2.05) is 0 Å². The topological polar surface area (TPSA) is 43.4 Å². The molecule has 2 rings (SSSR count). The van der Waals surface area contributed by atoms with Gasteiger partial charge in [0.1, 0.15) is 11.6 Å². The molecule has 0 unspecified atom stereocenters. The van der Waals surface area contributed by atoms with Gasteiger partial charge in [-0.25, -0.2) is 12.8 Å². The Balaban J connectivity index is 2.61. The SMILES string of the molecule is COc1cccc(-c2cc(S(=O)(=O)Cl)ccc2F)c1. The summed E-state index contributed by atoms with van der Waals surface area (Å²) in [7, 11) is 2.86. The number of ether oxygens (including phenoxy) is 1. The zero-order valence-electron chi connectivity index (χ0n) is 9.93. The van der Waals surface area contributed by atoms with Gasteiger partial charge in [0.15, 0.2) is 0 Å². The molecule has 0 aliphatic heterocycles. The molecule has 0 aromatic heterocycles. The van der Waals surface area contributed by atoms with Crippen molar-refractivity contribution in [2.75, 3.05) is 7.11 Å². The molecule has 0 bridgehead atoms. The average molecular weight is 301 g/mol. The highest BCUT2D eigenvalue weighted by Crippen LogP contribution is 2.29. The summed E-state index contributed by atoms with van der Waals surface area (Å²) in [6, 6.07) is 10.1. The maximum absolute atomic E-state index is 13.8. The van der Waals surface area contributed by atoms with Gasteiger partial charge in [-0.3, -0.25) is 0 Å². The van der Waals surface area contributed by atoms with Crippen LogP contribution in [-0.4, -0.2) is 15.5 Å². The standard InChI is InChI=1S/C13H10ClFO3S/c1-18-10-4-2-3-9(7-10)12-8-11(19(14,16)17)5-6-13(12)15/h2-8H,1H3. The Kier molecular flexibility index (Phi) is 3.78. The van der Waals surface area contributed by atoms with E-state index in [1.165, 1.54) is 13.2 Å². The molecule has 0 fully saturated rings. The molecule has 2 aromatic carbocycles. The molecule has 0 aliphatic carbocycles. The number of hydrogen-bond acceptors (Lipinski definition) is 3. The van der Waals surface area contributed by atoms with Crippen molar-refractivity contribution in [1.29, 1.82) is 0 Å². The van der Waals surface area contributed by atoms with Crippen molar-refractivity contribution in [3.05, 3.63) is 48.3 Å². The minimum Gasteiger partial charge on any atom is -0.497 e. The van der Waals surface area contributed by atoms with Crippen molar-refractivity contribution >= 4 is 19.7 Å². The first-order valence-corrected chi connectivity index (χ1v) is 7.61. The molecule has 0 spiro atoms. The van der Waals surface area contributed by atoms with Crippen LogP contribution in [-0.2, 0) is 9.05 Å². The second kappa shape index (κ2) is 5.19. The first kappa shape index (κ1) is 13.8. The van der Waals surface area contributed by atoms with E-state index >= 15 is 0 Å². The molecule has 0 N–H and O–H groups in total. The second-order valence-corrected chi connectivity index (χ2v) is 6.38. The fourth-order valence-corrected chi connectivity index (χ4v) is 2.45. The molecule has 0 heterocycles. The van der Waals surface area contributed by atoms with Gasteiger partial charge in [0, 0.05) is 16.2 Å². The minimum atomic E-state index is -3.89. The lowest BCUT2D eigenvalue weighted by molar-refractivity contribution is 0.415. The van der Waals surface area contributed by atoms with Gasteiger partial charge in [-0.15, -0.1) is 0 Å². The Morgan fingerprint density at radius 2 is 1.89 bits per heavy atom. The Morgan fingerprint density at radius 3 is 2.53 bits per heavy atom. The summed E-state index contributed by atoms with van der Waals surface area (Å²) in [5.74, 6) is 0.0216. The van der Waals surface area contributed by atoms with Crippen LogP contribution in [0.2, 0.25) is 0 Å². The molecule has 2 aromatic rings. The third-order valence-corrected chi connectivity index (χ3v) is 3.95. The summed E-state index contributed by atoms with van der Waals surface area (Å²) < 4.78 is 41.4. The molecule has 100 valence electrons. The Morgan fingerprint density at radius 1 is 1.16 bits per heavy atom. The average Bonchev–Trinajstić information content (AvgIpc) is 2.38. The quantitative estimate of drug-likeness (QED) is 0.816. The number of halogens is 2. The molecule has 3 nitrogen and oxygen atoms in total. The maximum Gasteiger partial charge on any atom is 0.261 e. The van der Waals surface area contributed by atoms with E-state index in [-0.39, 0.29) is 10.5 Å². The summed E-state index contributed by atoms with van der Waals surface area (Å²) in [5, 5.41) is 0. The number of benzene rings is 2. The molecule has 0 atom stereocenters. The van der Waals surface area contributed by atoms with Gasteiger partial charge in [-0.2, -0.15) is 0 Å². The van der Waals surface area contributed by atoms with E-state index in [1.54, 1.807) is 24.3 Å². The molecule has 0 radical (unpaired) electrons. The van der Waals surface area contributed by atoms with Gasteiger partial charge in [-0.1, -0.05) is 12.1 Å². The van der Waals surface area contributed by atoms with E-state index in [0.717, 1.165) is 12.1 Å². The number of methoxy groups -OCH3 is 1. The number of rotatable bonds is 3. The van der Waals surface area contributed by atoms with Gasteiger partial charge in [0.05, 0.1) is 12.0 Å². The first-order valence-electron chi connectivity index (χ1n) is 5.30. The molecule has 0 amide bonds. The molecule has 6 heteroatoms. The third-order valence-electron chi connectivity index (χ3n) is 2.60. The van der Waals surface area contributed by atoms with Gasteiger partial charge >= 0.3 is 0 Å². The van der Waals surface area contributed by atoms with Crippen molar-refractivity contribution in [3.8, 4) is 16.9 Å². The van der Waals surface area contributed by atoms with Crippen LogP contribution in [0.25, 0.3) is 11.1 Å². The molecule has 19 heavy (non-hydrogen) atoms. The smallest absolute Gasteiger partial charge is 0.261 e. The predicted octanol–water partition coefficient (Wildman–Crippen LogP) is 3.43. The van der Waals surface area contributed by atoms with Crippen LogP contribution in [0.5, 0.6) is 5.75 Å². The monoisotopic (exact) mass is 300 g/mol. The predicted molar refractivity (Wildman–Crippen MR) is 71.4 cm³/mol. The summed E-state index contributed by atoms with van der Waals surface area (Å²) in [5.41, 5.74) is 0.666. The Hall–Kier alpha value is -1.59. The molecule has 0 aliphatic rings. The number of hydrogen-bond donors (Lipinski definition) is 0. The molecular weight excluding hydrogens is 291 g/mol. The van der Waals surface area contributed by atoms with E-state index in [4.69, 9.17) is 15.4 Å². The van der Waals surface area contributed by atoms with E-state index < -0.39 is 14.9 Å². The zero-order valence-corrected chi connectivity index (χ0v) is 11.5. The Labute approximate surface area is 115 Å². The second-order valence-electron chi connectivity index (χ2n) is 3.81. The van der Waals surface area contributed by atoms with Crippen molar-refractivity contribution < 1.29 is 17.5 Å². The van der Waals surface area contributed by atoms with Crippen LogP contribution in [0.4, 0.5) is 4.39 Å². The first-order chi connectivity index (χ1) is 8.91. The maximum atomic E-state index is 13.8. The van der Waals surface area contributed by atoms with Crippen molar-refractivity contribution in [1.82, 2.24) is 0 Å². The summed E-state index contributed by atoms with van der Waals surface area (Å²) in [6.45, 7) is 0. The normalized spacial score (nSPS) is 11.3. The van der Waals surface area contributed by atoms with Gasteiger partial charge in [0.2, 0.25) is 0 Å². The molecule has 0 saturated heterocycles. The van der Waals surface area contributed by atoms with E-state index in [0.29, 0.717) is 11.3 Å². The lowest BCUT2D eigenvalue weighted by Crippen LogP contribution is -1.94. The fraction of sp³-hybridized carbons (Fsp3) is 0.0769. The van der Waals surface area contributed by atoms with Crippen LogP contribution < -0.4 is 4.74 Å². The zero-order chi connectivity index (χ0) is 14.0. The van der Waals surface area contributed by atoms with Crippen molar-refractivity contribution in [2.24, 2.45) is 0 Å². The van der Waals surface area contributed by atoms with Crippen LogP contribution in [0.15, 0.2) is 47.4 Å². The third kappa shape index (κ3) is 3.05. The van der Waals surface area contributed by atoms with Gasteiger partial charge < -0.3 is 4.74 Å². The lowest BCUT2D eigenvalue weighted by Gasteiger charge is -2.07. The Bertz CT molecular complexity index is 714. The van der Waals surface area contributed by atoms with E-state index in [2.05, 4.69) is 0 Å². The largest absolute Gasteiger partial charge is 0.497 e. The van der Waals surface area contributed by atoms with Gasteiger partial charge in [0.25, 0.3) is 9.05 Å². The fourth-order valence-electron chi connectivity index (χ4n) is 1.67.